The topological polar surface area (TPSA) is 60.2 Å². The zero-order chi connectivity index (χ0) is 11.6. The van der Waals surface area contributed by atoms with Crippen LogP contribution >= 0.6 is 0 Å². The Morgan fingerprint density at radius 1 is 1.20 bits per heavy atom. The average Bonchev–Trinajstić information content (AvgIpc) is 2.15. The second-order valence-corrected chi connectivity index (χ2v) is 5.22. The first kappa shape index (κ1) is 12.1. The largest absolute Gasteiger partial charge is 0.319 e. The van der Waals surface area contributed by atoms with Crippen molar-refractivity contribution in [1.29, 1.82) is 0 Å². The van der Waals surface area contributed by atoms with Gasteiger partial charge in [0, 0.05) is 6.26 Å². The highest BCUT2D eigenvalue weighted by molar-refractivity contribution is 7.90. The predicted octanol–water partition coefficient (Wildman–Crippen LogP) is 1.36. The summed E-state index contributed by atoms with van der Waals surface area (Å²) in [5.74, 6) is 0. The van der Waals surface area contributed by atoms with Gasteiger partial charge >= 0.3 is 0 Å². The van der Waals surface area contributed by atoms with E-state index in [4.69, 9.17) is 5.73 Å². The highest BCUT2D eigenvalue weighted by atomic mass is 32.2. The van der Waals surface area contributed by atoms with E-state index in [1.807, 2.05) is 0 Å². The maximum Gasteiger partial charge on any atom is 0.257 e. The third-order valence-corrected chi connectivity index (χ3v) is 3.09. The summed E-state index contributed by atoms with van der Waals surface area (Å²) in [4.78, 5) is 0.0905. The molecular weight excluding hydrogens is 224 g/mol. The predicted molar refractivity (Wildman–Crippen MR) is 52.5 cm³/mol. The second kappa shape index (κ2) is 4.24. The van der Waals surface area contributed by atoms with Crippen molar-refractivity contribution >= 4 is 9.84 Å². The maximum absolute atomic E-state index is 12.2. The lowest BCUT2D eigenvalue weighted by atomic mass is 10.1. The summed E-state index contributed by atoms with van der Waals surface area (Å²) < 4.78 is 46.5. The van der Waals surface area contributed by atoms with Crippen LogP contribution in [0.1, 0.15) is 11.6 Å². The van der Waals surface area contributed by atoms with E-state index >= 15 is 0 Å². The van der Waals surface area contributed by atoms with E-state index in [0.29, 0.717) is 0 Å². The molecule has 6 heteroatoms. The van der Waals surface area contributed by atoms with Crippen LogP contribution in [-0.4, -0.2) is 21.1 Å². The number of hydrogen-bond donors (Lipinski definition) is 1. The van der Waals surface area contributed by atoms with Gasteiger partial charge in [-0.25, -0.2) is 17.2 Å². The van der Waals surface area contributed by atoms with Crippen LogP contribution in [0.2, 0.25) is 0 Å². The number of sulfone groups is 1. The molecule has 0 heterocycles. The van der Waals surface area contributed by atoms with Crippen LogP contribution in [0.25, 0.3) is 0 Å². The summed E-state index contributed by atoms with van der Waals surface area (Å²) in [6, 6.07) is 3.76. The highest BCUT2D eigenvalue weighted by Gasteiger charge is 2.17. The normalized spacial score (nSPS) is 14.2. The van der Waals surface area contributed by atoms with Crippen molar-refractivity contribution in [2.45, 2.75) is 17.4 Å². The first-order valence-electron chi connectivity index (χ1n) is 4.16. The van der Waals surface area contributed by atoms with Gasteiger partial charge in [0.05, 0.1) is 10.9 Å². The van der Waals surface area contributed by atoms with Gasteiger partial charge < -0.3 is 5.73 Å². The van der Waals surface area contributed by atoms with Crippen molar-refractivity contribution < 1.29 is 17.2 Å². The number of rotatable bonds is 3. The van der Waals surface area contributed by atoms with Crippen LogP contribution in [0.5, 0.6) is 0 Å². The van der Waals surface area contributed by atoms with Gasteiger partial charge in [-0.05, 0) is 17.7 Å². The number of hydrogen-bond acceptors (Lipinski definition) is 3. The number of halogens is 2. The second-order valence-electron chi connectivity index (χ2n) is 3.20. The molecular formula is C9H11F2NO2S. The first-order chi connectivity index (χ1) is 6.82. The molecule has 0 aromatic heterocycles. The molecule has 0 aliphatic heterocycles. The van der Waals surface area contributed by atoms with Crippen molar-refractivity contribution in [1.82, 2.24) is 0 Å². The fourth-order valence-corrected chi connectivity index (χ4v) is 1.71. The van der Waals surface area contributed by atoms with Gasteiger partial charge in [-0.15, -0.1) is 0 Å². The third kappa shape index (κ3) is 2.97. The quantitative estimate of drug-likeness (QED) is 0.860. The molecule has 2 N–H and O–H groups in total. The lowest BCUT2D eigenvalue weighted by molar-refractivity contribution is 0.116. The molecule has 0 fully saturated rings. The van der Waals surface area contributed by atoms with Gasteiger partial charge in [-0.2, -0.15) is 0 Å². The Labute approximate surface area is 86.8 Å². The van der Waals surface area contributed by atoms with Crippen LogP contribution < -0.4 is 5.73 Å². The van der Waals surface area contributed by atoms with E-state index in [1.54, 1.807) is 0 Å². The SMILES string of the molecule is CS(=O)(=O)c1ccc([C@@H](N)C(F)F)cc1. The molecule has 0 saturated heterocycles. The Morgan fingerprint density at radius 3 is 2.00 bits per heavy atom. The molecule has 0 aliphatic carbocycles. The first-order valence-corrected chi connectivity index (χ1v) is 6.05. The molecule has 0 bridgehead atoms. The van der Waals surface area contributed by atoms with Crippen molar-refractivity contribution in [2.24, 2.45) is 5.73 Å². The van der Waals surface area contributed by atoms with Gasteiger partial charge in [-0.3, -0.25) is 0 Å². The van der Waals surface area contributed by atoms with Gasteiger partial charge in [0.15, 0.2) is 9.84 Å². The molecule has 0 radical (unpaired) electrons. The summed E-state index contributed by atoms with van der Waals surface area (Å²) in [5.41, 5.74) is 5.42. The molecule has 15 heavy (non-hydrogen) atoms. The summed E-state index contributed by atoms with van der Waals surface area (Å²) in [7, 11) is -3.29. The number of alkyl halides is 2. The Bertz CT molecular complexity index is 428. The van der Waals surface area contributed by atoms with Crippen LogP contribution in [0.3, 0.4) is 0 Å². The van der Waals surface area contributed by atoms with Crippen molar-refractivity contribution in [2.75, 3.05) is 6.26 Å². The van der Waals surface area contributed by atoms with Crippen molar-refractivity contribution in [3.8, 4) is 0 Å². The van der Waals surface area contributed by atoms with E-state index in [-0.39, 0.29) is 10.5 Å². The maximum atomic E-state index is 12.2. The standard InChI is InChI=1S/C9H11F2NO2S/c1-15(13,14)7-4-2-6(3-5-7)8(12)9(10)11/h2-5,8-9H,12H2,1H3/t8-/m1/s1. The van der Waals surface area contributed by atoms with Gasteiger partial charge in [-0.1, -0.05) is 12.1 Å². The van der Waals surface area contributed by atoms with Crippen LogP contribution in [-0.2, 0) is 9.84 Å². The molecule has 0 saturated carbocycles. The zero-order valence-corrected chi connectivity index (χ0v) is 8.84. The molecule has 0 aliphatic rings. The van der Waals surface area contributed by atoms with Crippen molar-refractivity contribution in [3.05, 3.63) is 29.8 Å². The summed E-state index contributed by atoms with van der Waals surface area (Å²) >= 11 is 0. The molecule has 0 unspecified atom stereocenters. The minimum Gasteiger partial charge on any atom is -0.319 e. The lowest BCUT2D eigenvalue weighted by Crippen LogP contribution is -2.18. The molecule has 1 aromatic rings. The Morgan fingerprint density at radius 2 is 1.67 bits per heavy atom. The van der Waals surface area contributed by atoms with Gasteiger partial charge in [0.25, 0.3) is 6.43 Å². The smallest absolute Gasteiger partial charge is 0.257 e. The Balaban J connectivity index is 3.01. The third-order valence-electron chi connectivity index (χ3n) is 1.96. The highest BCUT2D eigenvalue weighted by Crippen LogP contribution is 2.19. The number of nitrogens with two attached hydrogens (primary N) is 1. The fourth-order valence-electron chi connectivity index (χ4n) is 1.08. The van der Waals surface area contributed by atoms with E-state index in [1.165, 1.54) is 24.3 Å². The van der Waals surface area contributed by atoms with Crippen molar-refractivity contribution in [3.63, 3.8) is 0 Å². The van der Waals surface area contributed by atoms with Gasteiger partial charge in [0.2, 0.25) is 0 Å². The van der Waals surface area contributed by atoms with Crippen LogP contribution in [0, 0.1) is 0 Å². The Kier molecular flexibility index (Phi) is 3.41. The molecule has 84 valence electrons. The average molecular weight is 235 g/mol. The summed E-state index contributed by atoms with van der Waals surface area (Å²) in [6.45, 7) is 0. The Hall–Kier alpha value is -1.01. The minimum absolute atomic E-state index is 0.0905. The minimum atomic E-state index is -3.29. The van der Waals surface area contributed by atoms with Crippen LogP contribution in [0.15, 0.2) is 29.2 Å². The van der Waals surface area contributed by atoms with E-state index in [2.05, 4.69) is 0 Å². The van der Waals surface area contributed by atoms with E-state index in [0.717, 1.165) is 6.26 Å². The van der Waals surface area contributed by atoms with Crippen LogP contribution in [0.4, 0.5) is 8.78 Å². The fraction of sp³-hybridized carbons (Fsp3) is 0.333. The van der Waals surface area contributed by atoms with Gasteiger partial charge in [0.1, 0.15) is 0 Å². The summed E-state index contributed by atoms with van der Waals surface area (Å²) in [6.07, 6.45) is -1.61. The van der Waals surface area contributed by atoms with E-state index < -0.39 is 22.3 Å². The number of benzene rings is 1. The lowest BCUT2D eigenvalue weighted by Gasteiger charge is -2.10. The molecule has 0 spiro atoms. The summed E-state index contributed by atoms with van der Waals surface area (Å²) in [5, 5.41) is 0. The molecule has 1 aromatic carbocycles. The molecule has 3 nitrogen and oxygen atoms in total. The molecule has 1 atom stereocenters. The monoisotopic (exact) mass is 235 g/mol. The zero-order valence-electron chi connectivity index (χ0n) is 8.02. The molecule has 1 rings (SSSR count). The molecule has 0 amide bonds. The van der Waals surface area contributed by atoms with E-state index in [9.17, 15) is 17.2 Å².